The maximum atomic E-state index is 12.0. The molecule has 4 nitrogen and oxygen atoms in total. The van der Waals surface area contributed by atoms with Crippen molar-refractivity contribution in [1.29, 1.82) is 0 Å². The number of esters is 1. The second kappa shape index (κ2) is 5.09. The number of ether oxygens (including phenoxy) is 2. The van der Waals surface area contributed by atoms with Gasteiger partial charge >= 0.3 is 12.6 Å². The van der Waals surface area contributed by atoms with E-state index < -0.39 is 18.2 Å². The van der Waals surface area contributed by atoms with Crippen LogP contribution in [-0.4, -0.2) is 24.8 Å². The number of rotatable bonds is 4. The second-order valence-corrected chi connectivity index (χ2v) is 3.47. The molecule has 1 N–H and O–H groups in total. The Morgan fingerprint density at radius 2 is 2.12 bits per heavy atom. The highest BCUT2D eigenvalue weighted by atomic mass is 19.3. The molecule has 0 spiro atoms. The van der Waals surface area contributed by atoms with Crippen molar-refractivity contribution in [1.82, 2.24) is 0 Å². The zero-order valence-corrected chi connectivity index (χ0v) is 9.31. The smallest absolute Gasteiger partial charge is 0.387 e. The molecule has 0 aromatic heterocycles. The summed E-state index contributed by atoms with van der Waals surface area (Å²) in [7, 11) is 1.12. The SMILES string of the molecule is COC(=O)C(C)(O)c1cccc(OC(F)F)c1. The Kier molecular flexibility index (Phi) is 4.01. The maximum absolute atomic E-state index is 12.0. The zero-order chi connectivity index (χ0) is 13.1. The van der Waals surface area contributed by atoms with Gasteiger partial charge in [-0.1, -0.05) is 12.1 Å². The third-order valence-corrected chi connectivity index (χ3v) is 2.20. The molecule has 1 atom stereocenters. The van der Waals surface area contributed by atoms with E-state index in [2.05, 4.69) is 9.47 Å². The van der Waals surface area contributed by atoms with Crippen LogP contribution in [0.4, 0.5) is 8.78 Å². The predicted molar refractivity (Wildman–Crippen MR) is 54.7 cm³/mol. The fourth-order valence-corrected chi connectivity index (χ4v) is 1.29. The molecule has 94 valence electrons. The van der Waals surface area contributed by atoms with Crippen molar-refractivity contribution in [2.24, 2.45) is 0 Å². The van der Waals surface area contributed by atoms with Crippen LogP contribution >= 0.6 is 0 Å². The molecule has 0 saturated heterocycles. The summed E-state index contributed by atoms with van der Waals surface area (Å²) in [6.45, 7) is -1.76. The van der Waals surface area contributed by atoms with Crippen LogP contribution in [0.15, 0.2) is 24.3 Å². The van der Waals surface area contributed by atoms with Gasteiger partial charge in [0.15, 0.2) is 5.60 Å². The van der Waals surface area contributed by atoms with Crippen molar-refractivity contribution >= 4 is 5.97 Å². The fourth-order valence-electron chi connectivity index (χ4n) is 1.29. The zero-order valence-electron chi connectivity index (χ0n) is 9.31. The van der Waals surface area contributed by atoms with Crippen LogP contribution in [0.3, 0.4) is 0 Å². The molecule has 0 aliphatic carbocycles. The third-order valence-electron chi connectivity index (χ3n) is 2.20. The van der Waals surface area contributed by atoms with Gasteiger partial charge in [-0.15, -0.1) is 0 Å². The number of hydrogen-bond acceptors (Lipinski definition) is 4. The molecule has 0 bridgehead atoms. The minimum Gasteiger partial charge on any atom is -0.467 e. The minimum absolute atomic E-state index is 0.113. The topological polar surface area (TPSA) is 55.8 Å². The lowest BCUT2D eigenvalue weighted by Crippen LogP contribution is -2.33. The molecular formula is C11H12F2O4. The second-order valence-electron chi connectivity index (χ2n) is 3.47. The van der Waals surface area contributed by atoms with Crippen LogP contribution in [0.5, 0.6) is 5.75 Å². The highest BCUT2D eigenvalue weighted by Crippen LogP contribution is 2.26. The summed E-state index contributed by atoms with van der Waals surface area (Å²) >= 11 is 0. The van der Waals surface area contributed by atoms with Gasteiger partial charge in [-0.05, 0) is 24.6 Å². The van der Waals surface area contributed by atoms with Gasteiger partial charge < -0.3 is 14.6 Å². The molecule has 1 unspecified atom stereocenters. The van der Waals surface area contributed by atoms with E-state index in [4.69, 9.17) is 0 Å². The minimum atomic E-state index is -2.96. The van der Waals surface area contributed by atoms with E-state index in [1.165, 1.54) is 25.1 Å². The van der Waals surface area contributed by atoms with Crippen molar-refractivity contribution in [2.75, 3.05) is 7.11 Å². The van der Waals surface area contributed by atoms with Crippen molar-refractivity contribution in [3.05, 3.63) is 29.8 Å². The normalized spacial score (nSPS) is 14.2. The predicted octanol–water partition coefficient (Wildman–Crippen LogP) is 1.67. The molecule has 0 heterocycles. The quantitative estimate of drug-likeness (QED) is 0.821. The van der Waals surface area contributed by atoms with Crippen molar-refractivity contribution < 1.29 is 28.2 Å². The summed E-state index contributed by atoms with van der Waals surface area (Å²) in [4.78, 5) is 11.3. The number of carbonyl (C=O) groups excluding carboxylic acids is 1. The number of aliphatic hydroxyl groups is 1. The van der Waals surface area contributed by atoms with Crippen LogP contribution < -0.4 is 4.74 Å². The molecule has 0 aliphatic rings. The van der Waals surface area contributed by atoms with E-state index in [9.17, 15) is 18.7 Å². The van der Waals surface area contributed by atoms with Gasteiger partial charge in [0, 0.05) is 0 Å². The number of carbonyl (C=O) groups is 1. The summed E-state index contributed by atoms with van der Waals surface area (Å²) < 4.78 is 32.6. The first-order chi connectivity index (χ1) is 7.87. The van der Waals surface area contributed by atoms with Crippen molar-refractivity contribution in [3.63, 3.8) is 0 Å². The summed E-state index contributed by atoms with van der Waals surface area (Å²) in [5.74, 6) is -1.02. The number of methoxy groups -OCH3 is 1. The Labute approximate surface area is 96.8 Å². The fraction of sp³-hybridized carbons (Fsp3) is 0.364. The lowest BCUT2D eigenvalue weighted by molar-refractivity contribution is -0.161. The van der Waals surface area contributed by atoms with E-state index in [1.807, 2.05) is 0 Å². The van der Waals surface area contributed by atoms with E-state index in [0.717, 1.165) is 13.2 Å². The number of hydrogen-bond donors (Lipinski definition) is 1. The van der Waals surface area contributed by atoms with Crippen LogP contribution in [-0.2, 0) is 15.1 Å². The average Bonchev–Trinajstić information content (AvgIpc) is 2.27. The Balaban J connectivity index is 3.02. The highest BCUT2D eigenvalue weighted by molar-refractivity contribution is 5.80. The largest absolute Gasteiger partial charge is 0.467 e. The molecule has 1 aromatic carbocycles. The number of alkyl halides is 2. The Morgan fingerprint density at radius 1 is 1.47 bits per heavy atom. The summed E-state index contributed by atoms with van der Waals surface area (Å²) in [6.07, 6.45) is 0. The molecular weight excluding hydrogens is 234 g/mol. The van der Waals surface area contributed by atoms with Crippen LogP contribution in [0.2, 0.25) is 0 Å². The van der Waals surface area contributed by atoms with Crippen LogP contribution in [0, 0.1) is 0 Å². The van der Waals surface area contributed by atoms with E-state index >= 15 is 0 Å². The Hall–Kier alpha value is -1.69. The van der Waals surface area contributed by atoms with Gasteiger partial charge in [-0.25, -0.2) is 4.79 Å². The van der Waals surface area contributed by atoms with E-state index in [1.54, 1.807) is 0 Å². The summed E-state index contributed by atoms with van der Waals surface area (Å²) in [5.41, 5.74) is -1.79. The lowest BCUT2D eigenvalue weighted by Gasteiger charge is -2.21. The molecule has 0 aliphatic heterocycles. The number of halogens is 2. The maximum Gasteiger partial charge on any atom is 0.387 e. The molecule has 1 aromatic rings. The van der Waals surface area contributed by atoms with Gasteiger partial charge in [0.2, 0.25) is 0 Å². The van der Waals surface area contributed by atoms with Crippen LogP contribution in [0.1, 0.15) is 12.5 Å². The highest BCUT2D eigenvalue weighted by Gasteiger charge is 2.33. The molecule has 0 fully saturated rings. The Bertz CT molecular complexity index is 404. The van der Waals surface area contributed by atoms with Crippen LogP contribution in [0.25, 0.3) is 0 Å². The summed E-state index contributed by atoms with van der Waals surface area (Å²) in [6, 6.07) is 5.26. The Morgan fingerprint density at radius 3 is 2.65 bits per heavy atom. The molecule has 0 saturated carbocycles. The standard InChI is InChI=1S/C11H12F2O4/c1-11(15,9(14)16-2)7-4-3-5-8(6-7)17-10(12)13/h3-6,10,15H,1-2H3. The van der Waals surface area contributed by atoms with Gasteiger partial charge in [-0.2, -0.15) is 8.78 Å². The monoisotopic (exact) mass is 246 g/mol. The molecule has 17 heavy (non-hydrogen) atoms. The van der Waals surface area contributed by atoms with Crippen molar-refractivity contribution in [2.45, 2.75) is 19.1 Å². The van der Waals surface area contributed by atoms with E-state index in [-0.39, 0.29) is 11.3 Å². The number of benzene rings is 1. The first-order valence-corrected chi connectivity index (χ1v) is 4.74. The van der Waals surface area contributed by atoms with E-state index in [0.29, 0.717) is 0 Å². The third kappa shape index (κ3) is 3.13. The lowest BCUT2D eigenvalue weighted by atomic mass is 9.96. The molecule has 6 heteroatoms. The van der Waals surface area contributed by atoms with Crippen molar-refractivity contribution in [3.8, 4) is 5.75 Å². The molecule has 0 amide bonds. The van der Waals surface area contributed by atoms with Gasteiger partial charge in [-0.3, -0.25) is 0 Å². The first kappa shape index (κ1) is 13.4. The first-order valence-electron chi connectivity index (χ1n) is 4.74. The summed E-state index contributed by atoms with van der Waals surface area (Å²) in [5, 5.41) is 9.90. The van der Waals surface area contributed by atoms with Gasteiger partial charge in [0.05, 0.1) is 7.11 Å². The molecule has 0 radical (unpaired) electrons. The molecule has 1 rings (SSSR count). The van der Waals surface area contributed by atoms with Gasteiger partial charge in [0.1, 0.15) is 5.75 Å². The average molecular weight is 246 g/mol. The van der Waals surface area contributed by atoms with Gasteiger partial charge in [0.25, 0.3) is 0 Å².